The molecule has 28 heavy (non-hydrogen) atoms. The Labute approximate surface area is 163 Å². The Morgan fingerprint density at radius 2 is 1.79 bits per heavy atom. The Bertz CT molecular complexity index is 1180. The number of sulfone groups is 1. The highest BCUT2D eigenvalue weighted by atomic mass is 32.2. The van der Waals surface area contributed by atoms with E-state index in [0.29, 0.717) is 10.9 Å². The van der Waals surface area contributed by atoms with Gasteiger partial charge in [-0.15, -0.1) is 0 Å². The summed E-state index contributed by atoms with van der Waals surface area (Å²) in [5.74, 6) is -0.251. The van der Waals surface area contributed by atoms with Crippen molar-refractivity contribution in [1.82, 2.24) is 14.5 Å². The van der Waals surface area contributed by atoms with Gasteiger partial charge < -0.3 is 4.90 Å². The SMILES string of the molecule is CC(c1ccc(S(C)(=O)=O)cc1)N(C)C(=O)Cn1cnc2ccccc2c1=O. The minimum Gasteiger partial charge on any atom is -0.337 e. The number of nitrogens with zero attached hydrogens (tertiary/aromatic N) is 3. The number of amides is 1. The van der Waals surface area contributed by atoms with Gasteiger partial charge in [0.05, 0.1) is 28.2 Å². The fourth-order valence-electron chi connectivity index (χ4n) is 2.91. The lowest BCUT2D eigenvalue weighted by Crippen LogP contribution is -2.35. The zero-order valence-corrected chi connectivity index (χ0v) is 16.7. The number of carbonyl (C=O) groups excluding carboxylic acids is 1. The Kier molecular flexibility index (Phi) is 5.33. The summed E-state index contributed by atoms with van der Waals surface area (Å²) in [7, 11) is -1.62. The van der Waals surface area contributed by atoms with E-state index in [1.165, 1.54) is 27.9 Å². The standard InChI is InChI=1S/C20H21N3O4S/c1-14(15-8-10-16(11-9-15)28(3,26)27)22(2)19(24)12-23-13-21-18-7-5-4-6-17(18)20(23)25/h4-11,13-14H,12H2,1-3H3. The highest BCUT2D eigenvalue weighted by molar-refractivity contribution is 7.90. The summed E-state index contributed by atoms with van der Waals surface area (Å²) in [6.45, 7) is 1.72. The molecule has 0 saturated carbocycles. The fourth-order valence-corrected chi connectivity index (χ4v) is 3.54. The number of para-hydroxylation sites is 1. The van der Waals surface area contributed by atoms with E-state index in [9.17, 15) is 18.0 Å². The molecule has 146 valence electrons. The maximum absolute atomic E-state index is 12.7. The van der Waals surface area contributed by atoms with Crippen LogP contribution in [0.2, 0.25) is 0 Å². The van der Waals surface area contributed by atoms with Crippen LogP contribution in [0.1, 0.15) is 18.5 Å². The molecule has 0 radical (unpaired) electrons. The predicted octanol–water partition coefficient (Wildman–Crippen LogP) is 2.02. The summed E-state index contributed by atoms with van der Waals surface area (Å²) in [5.41, 5.74) is 1.12. The Hall–Kier alpha value is -3.00. The molecule has 0 saturated heterocycles. The van der Waals surface area contributed by atoms with E-state index < -0.39 is 9.84 Å². The topological polar surface area (TPSA) is 89.3 Å². The van der Waals surface area contributed by atoms with Crippen LogP contribution in [-0.4, -0.2) is 42.1 Å². The molecule has 0 N–H and O–H groups in total. The number of hydrogen-bond donors (Lipinski definition) is 0. The van der Waals surface area contributed by atoms with Gasteiger partial charge in [0.1, 0.15) is 6.54 Å². The molecule has 1 aromatic heterocycles. The molecule has 8 heteroatoms. The minimum atomic E-state index is -3.27. The van der Waals surface area contributed by atoms with Crippen LogP contribution in [0.15, 0.2) is 64.5 Å². The summed E-state index contributed by atoms with van der Waals surface area (Å²) >= 11 is 0. The molecule has 0 aliphatic carbocycles. The lowest BCUT2D eigenvalue weighted by atomic mass is 10.1. The average Bonchev–Trinajstić information content (AvgIpc) is 2.68. The summed E-state index contributed by atoms with van der Waals surface area (Å²) in [4.78, 5) is 31.2. The molecule has 0 aliphatic heterocycles. The molecular weight excluding hydrogens is 378 g/mol. The Morgan fingerprint density at radius 1 is 1.14 bits per heavy atom. The van der Waals surface area contributed by atoms with Gasteiger partial charge in [0.15, 0.2) is 9.84 Å². The van der Waals surface area contributed by atoms with E-state index in [0.717, 1.165) is 11.8 Å². The van der Waals surface area contributed by atoms with Gasteiger partial charge in [-0.1, -0.05) is 24.3 Å². The van der Waals surface area contributed by atoms with Crippen molar-refractivity contribution in [3.63, 3.8) is 0 Å². The Morgan fingerprint density at radius 3 is 2.43 bits per heavy atom. The molecule has 0 fully saturated rings. The van der Waals surface area contributed by atoms with Crippen molar-refractivity contribution in [2.75, 3.05) is 13.3 Å². The van der Waals surface area contributed by atoms with Crippen LogP contribution in [-0.2, 0) is 21.2 Å². The fraction of sp³-hybridized carbons (Fsp3) is 0.250. The van der Waals surface area contributed by atoms with Crippen LogP contribution in [0.5, 0.6) is 0 Å². The number of benzene rings is 2. The molecule has 1 amide bonds. The van der Waals surface area contributed by atoms with Gasteiger partial charge in [0.25, 0.3) is 5.56 Å². The second-order valence-corrected chi connectivity index (χ2v) is 8.73. The lowest BCUT2D eigenvalue weighted by Gasteiger charge is -2.25. The summed E-state index contributed by atoms with van der Waals surface area (Å²) < 4.78 is 24.5. The summed E-state index contributed by atoms with van der Waals surface area (Å²) in [6.07, 6.45) is 2.53. The highest BCUT2D eigenvalue weighted by Gasteiger charge is 2.19. The number of aromatic nitrogens is 2. The van der Waals surface area contributed by atoms with Crippen molar-refractivity contribution in [2.45, 2.75) is 24.4 Å². The van der Waals surface area contributed by atoms with Crippen LogP contribution in [0.25, 0.3) is 10.9 Å². The third kappa shape index (κ3) is 3.96. The largest absolute Gasteiger partial charge is 0.337 e. The molecule has 2 aromatic carbocycles. The van der Waals surface area contributed by atoms with Crippen LogP contribution in [0.3, 0.4) is 0 Å². The van der Waals surface area contributed by atoms with Crippen molar-refractivity contribution in [1.29, 1.82) is 0 Å². The van der Waals surface area contributed by atoms with Gasteiger partial charge in [0.2, 0.25) is 5.91 Å². The van der Waals surface area contributed by atoms with Crippen molar-refractivity contribution >= 4 is 26.6 Å². The zero-order chi connectivity index (χ0) is 20.5. The van der Waals surface area contributed by atoms with Crippen LogP contribution in [0.4, 0.5) is 0 Å². The maximum atomic E-state index is 12.7. The number of rotatable bonds is 5. The van der Waals surface area contributed by atoms with Gasteiger partial charge >= 0.3 is 0 Å². The average molecular weight is 399 g/mol. The van der Waals surface area contributed by atoms with Crippen LogP contribution >= 0.6 is 0 Å². The second-order valence-electron chi connectivity index (χ2n) is 6.72. The van der Waals surface area contributed by atoms with E-state index in [-0.39, 0.29) is 28.9 Å². The first-order chi connectivity index (χ1) is 13.2. The first-order valence-corrected chi connectivity index (χ1v) is 10.6. The number of hydrogen-bond acceptors (Lipinski definition) is 5. The van der Waals surface area contributed by atoms with E-state index in [2.05, 4.69) is 4.98 Å². The third-order valence-electron chi connectivity index (χ3n) is 4.80. The molecule has 7 nitrogen and oxygen atoms in total. The van der Waals surface area contributed by atoms with E-state index in [4.69, 9.17) is 0 Å². The minimum absolute atomic E-state index is 0.126. The van der Waals surface area contributed by atoms with Gasteiger partial charge in [-0.05, 0) is 36.8 Å². The molecule has 0 spiro atoms. The van der Waals surface area contributed by atoms with E-state index >= 15 is 0 Å². The predicted molar refractivity (Wildman–Crippen MR) is 107 cm³/mol. The van der Waals surface area contributed by atoms with Crippen molar-refractivity contribution in [3.8, 4) is 0 Å². The molecule has 1 heterocycles. The first kappa shape index (κ1) is 19.8. The van der Waals surface area contributed by atoms with Crippen LogP contribution < -0.4 is 5.56 Å². The van der Waals surface area contributed by atoms with E-state index in [1.807, 2.05) is 6.92 Å². The number of likely N-dealkylation sites (N-methyl/N-ethyl adjacent to an activating group) is 1. The summed E-state index contributed by atoms with van der Waals surface area (Å²) in [6, 6.07) is 13.1. The van der Waals surface area contributed by atoms with Crippen molar-refractivity contribution in [2.24, 2.45) is 0 Å². The van der Waals surface area contributed by atoms with Crippen molar-refractivity contribution < 1.29 is 13.2 Å². The monoisotopic (exact) mass is 399 g/mol. The van der Waals surface area contributed by atoms with Gasteiger partial charge in [-0.25, -0.2) is 13.4 Å². The number of carbonyl (C=O) groups is 1. The second kappa shape index (κ2) is 7.55. The smallest absolute Gasteiger partial charge is 0.261 e. The normalized spacial score (nSPS) is 12.7. The van der Waals surface area contributed by atoms with Gasteiger partial charge in [-0.3, -0.25) is 14.2 Å². The molecule has 3 aromatic rings. The van der Waals surface area contributed by atoms with Crippen molar-refractivity contribution in [3.05, 3.63) is 70.8 Å². The molecular formula is C20H21N3O4S. The quantitative estimate of drug-likeness (QED) is 0.655. The lowest BCUT2D eigenvalue weighted by molar-refractivity contribution is -0.132. The molecule has 3 rings (SSSR count). The zero-order valence-electron chi connectivity index (χ0n) is 15.9. The molecule has 1 unspecified atom stereocenters. The molecule has 1 atom stereocenters. The highest BCUT2D eigenvalue weighted by Crippen LogP contribution is 2.21. The summed E-state index contributed by atoms with van der Waals surface area (Å²) in [5, 5.41) is 0.463. The molecule has 0 aliphatic rings. The van der Waals surface area contributed by atoms with Gasteiger partial charge in [-0.2, -0.15) is 0 Å². The maximum Gasteiger partial charge on any atom is 0.261 e. The van der Waals surface area contributed by atoms with Gasteiger partial charge in [0, 0.05) is 13.3 Å². The Balaban J connectivity index is 1.79. The number of fused-ring (bicyclic) bond motifs is 1. The van der Waals surface area contributed by atoms with Crippen LogP contribution in [0, 0.1) is 0 Å². The van der Waals surface area contributed by atoms with E-state index in [1.54, 1.807) is 43.4 Å². The first-order valence-electron chi connectivity index (χ1n) is 8.68. The third-order valence-corrected chi connectivity index (χ3v) is 5.93. The molecule has 0 bridgehead atoms.